The molecule has 1 aromatic carbocycles. The highest BCUT2D eigenvalue weighted by Gasteiger charge is 2.44. The van der Waals surface area contributed by atoms with Gasteiger partial charge in [-0.25, -0.2) is 4.39 Å². The highest BCUT2D eigenvalue weighted by Crippen LogP contribution is 2.29. The van der Waals surface area contributed by atoms with Gasteiger partial charge in [0.25, 0.3) is 0 Å². The minimum atomic E-state index is -4.87. The van der Waals surface area contributed by atoms with Gasteiger partial charge in [-0.2, -0.15) is 13.2 Å². The number of hydrogen-bond acceptors (Lipinski definition) is 2. The first-order valence-electron chi connectivity index (χ1n) is 9.16. The zero-order chi connectivity index (χ0) is 19.6. The Morgan fingerprint density at radius 3 is 2.22 bits per heavy atom. The fraction of sp³-hybridized carbons (Fsp3) is 0.579. The Morgan fingerprint density at radius 2 is 1.63 bits per heavy atom. The third-order valence-corrected chi connectivity index (χ3v) is 5.42. The van der Waals surface area contributed by atoms with Crippen molar-refractivity contribution >= 4 is 11.8 Å². The van der Waals surface area contributed by atoms with Crippen LogP contribution in [0.1, 0.15) is 31.2 Å². The number of rotatable bonds is 3. The van der Waals surface area contributed by atoms with Crippen molar-refractivity contribution in [1.29, 1.82) is 0 Å². The number of benzene rings is 1. The molecule has 1 unspecified atom stereocenters. The second-order valence-electron chi connectivity index (χ2n) is 7.22. The summed E-state index contributed by atoms with van der Waals surface area (Å²) in [5.74, 6) is -2.53. The van der Waals surface area contributed by atoms with Crippen molar-refractivity contribution in [2.75, 3.05) is 19.6 Å². The molecule has 0 aliphatic carbocycles. The average Bonchev–Trinajstić information content (AvgIpc) is 3.10. The van der Waals surface area contributed by atoms with Crippen LogP contribution in [0.3, 0.4) is 0 Å². The van der Waals surface area contributed by atoms with Gasteiger partial charge in [-0.05, 0) is 49.8 Å². The van der Waals surface area contributed by atoms with Crippen LogP contribution in [0.25, 0.3) is 0 Å². The molecule has 2 aliphatic heterocycles. The molecule has 8 heteroatoms. The highest BCUT2D eigenvalue weighted by molar-refractivity contribution is 5.83. The van der Waals surface area contributed by atoms with Gasteiger partial charge in [0.1, 0.15) is 5.82 Å². The van der Waals surface area contributed by atoms with Crippen molar-refractivity contribution in [3.8, 4) is 0 Å². The van der Waals surface area contributed by atoms with Gasteiger partial charge >= 0.3 is 12.1 Å². The molecule has 0 spiro atoms. The summed E-state index contributed by atoms with van der Waals surface area (Å²) in [6.07, 6.45) is -2.00. The number of carbonyl (C=O) groups excluding carboxylic acids is 2. The lowest BCUT2D eigenvalue weighted by atomic mass is 9.94. The summed E-state index contributed by atoms with van der Waals surface area (Å²) in [5.41, 5.74) is 0.951. The zero-order valence-corrected chi connectivity index (χ0v) is 14.8. The molecule has 1 atom stereocenters. The number of carbonyl (C=O) groups is 2. The Labute approximate surface area is 155 Å². The number of likely N-dealkylation sites (tertiary alicyclic amines) is 2. The highest BCUT2D eigenvalue weighted by atomic mass is 19.4. The van der Waals surface area contributed by atoms with E-state index in [9.17, 15) is 27.2 Å². The second-order valence-corrected chi connectivity index (χ2v) is 7.22. The van der Waals surface area contributed by atoms with Crippen LogP contribution >= 0.6 is 0 Å². The second kappa shape index (κ2) is 7.86. The van der Waals surface area contributed by atoms with E-state index in [1.165, 1.54) is 12.1 Å². The van der Waals surface area contributed by atoms with Gasteiger partial charge in [-0.3, -0.25) is 9.59 Å². The summed E-state index contributed by atoms with van der Waals surface area (Å²) < 4.78 is 50.6. The molecule has 148 valence electrons. The number of alkyl halides is 3. The van der Waals surface area contributed by atoms with Crippen molar-refractivity contribution in [3.05, 3.63) is 35.6 Å². The van der Waals surface area contributed by atoms with E-state index in [4.69, 9.17) is 0 Å². The minimum absolute atomic E-state index is 0.0257. The minimum Gasteiger partial charge on any atom is -0.339 e. The monoisotopic (exact) mass is 386 g/mol. The number of halogens is 4. The molecule has 0 radical (unpaired) electrons. The molecule has 1 aromatic rings. The fourth-order valence-corrected chi connectivity index (χ4v) is 3.97. The average molecular weight is 386 g/mol. The van der Waals surface area contributed by atoms with E-state index in [1.807, 2.05) is 4.90 Å². The maximum Gasteiger partial charge on any atom is 0.471 e. The van der Waals surface area contributed by atoms with Crippen LogP contribution in [0, 0.1) is 11.7 Å². The van der Waals surface area contributed by atoms with Gasteiger partial charge in [0.15, 0.2) is 0 Å². The van der Waals surface area contributed by atoms with Gasteiger partial charge in [0.2, 0.25) is 5.91 Å². The first-order chi connectivity index (χ1) is 12.8. The molecule has 2 fully saturated rings. The lowest BCUT2D eigenvalue weighted by Gasteiger charge is -2.35. The first kappa shape index (κ1) is 19.6. The summed E-state index contributed by atoms with van der Waals surface area (Å²) in [6.45, 7) is 0.531. The van der Waals surface area contributed by atoms with Crippen LogP contribution in [0.5, 0.6) is 0 Å². The van der Waals surface area contributed by atoms with Crippen LogP contribution in [-0.2, 0) is 16.0 Å². The third kappa shape index (κ3) is 4.59. The van der Waals surface area contributed by atoms with E-state index < -0.39 is 12.1 Å². The molecule has 2 amide bonds. The fourth-order valence-electron chi connectivity index (χ4n) is 3.97. The first-order valence-corrected chi connectivity index (χ1v) is 9.16. The number of amides is 2. The van der Waals surface area contributed by atoms with Gasteiger partial charge < -0.3 is 9.80 Å². The van der Waals surface area contributed by atoms with E-state index in [-0.39, 0.29) is 49.6 Å². The van der Waals surface area contributed by atoms with E-state index in [2.05, 4.69) is 0 Å². The van der Waals surface area contributed by atoms with E-state index in [0.29, 0.717) is 13.0 Å². The molecule has 2 saturated heterocycles. The van der Waals surface area contributed by atoms with E-state index in [1.54, 1.807) is 12.1 Å². The molecule has 2 heterocycles. The molecule has 0 N–H and O–H groups in total. The Kier molecular flexibility index (Phi) is 5.72. The predicted molar refractivity (Wildman–Crippen MR) is 90.2 cm³/mol. The Balaban J connectivity index is 1.57. The van der Waals surface area contributed by atoms with Crippen LogP contribution < -0.4 is 0 Å². The van der Waals surface area contributed by atoms with Crippen LogP contribution in [0.15, 0.2) is 24.3 Å². The van der Waals surface area contributed by atoms with E-state index in [0.717, 1.165) is 23.3 Å². The molecule has 0 bridgehead atoms. The lowest BCUT2D eigenvalue weighted by molar-refractivity contribution is -0.187. The molecule has 4 nitrogen and oxygen atoms in total. The van der Waals surface area contributed by atoms with Gasteiger partial charge in [0.05, 0.1) is 0 Å². The molecular formula is C19H22F4N2O2. The SMILES string of the molecule is O=C(C1CCN(C(=O)C(F)(F)F)CC1)N1CCCC1Cc1ccc(F)cc1. The third-order valence-electron chi connectivity index (χ3n) is 5.42. The van der Waals surface area contributed by atoms with Crippen LogP contribution in [0.2, 0.25) is 0 Å². The topological polar surface area (TPSA) is 40.6 Å². The summed E-state index contributed by atoms with van der Waals surface area (Å²) in [7, 11) is 0. The maximum absolute atomic E-state index is 13.0. The molecule has 27 heavy (non-hydrogen) atoms. The quantitative estimate of drug-likeness (QED) is 0.749. The van der Waals surface area contributed by atoms with Crippen LogP contribution in [0.4, 0.5) is 17.6 Å². The molecule has 0 aromatic heterocycles. The van der Waals surface area contributed by atoms with Crippen molar-refractivity contribution in [1.82, 2.24) is 9.80 Å². The van der Waals surface area contributed by atoms with Crippen molar-refractivity contribution < 1.29 is 27.2 Å². The normalized spacial score (nSPS) is 21.6. The molecular weight excluding hydrogens is 364 g/mol. The van der Waals surface area contributed by atoms with E-state index >= 15 is 0 Å². The zero-order valence-electron chi connectivity index (χ0n) is 14.8. The Bertz CT molecular complexity index is 682. The van der Waals surface area contributed by atoms with Gasteiger partial charge in [-0.15, -0.1) is 0 Å². The van der Waals surface area contributed by atoms with Gasteiger partial charge in [0, 0.05) is 31.6 Å². The van der Waals surface area contributed by atoms with Crippen molar-refractivity contribution in [2.24, 2.45) is 5.92 Å². The summed E-state index contributed by atoms with van der Waals surface area (Å²) >= 11 is 0. The Morgan fingerprint density at radius 1 is 1.00 bits per heavy atom. The van der Waals surface area contributed by atoms with Crippen LogP contribution in [-0.4, -0.2) is 53.5 Å². The molecule has 3 rings (SSSR count). The number of hydrogen-bond donors (Lipinski definition) is 0. The van der Waals surface area contributed by atoms with Crippen molar-refractivity contribution in [3.63, 3.8) is 0 Å². The van der Waals surface area contributed by atoms with Crippen molar-refractivity contribution in [2.45, 2.75) is 44.3 Å². The summed E-state index contributed by atoms with van der Waals surface area (Å²) in [6, 6.07) is 6.22. The molecule has 0 saturated carbocycles. The number of piperidine rings is 1. The predicted octanol–water partition coefficient (Wildman–Crippen LogP) is 3.16. The van der Waals surface area contributed by atoms with Gasteiger partial charge in [-0.1, -0.05) is 12.1 Å². The summed E-state index contributed by atoms with van der Waals surface area (Å²) in [4.78, 5) is 26.8. The smallest absolute Gasteiger partial charge is 0.339 e. The standard InChI is InChI=1S/C19H22F4N2O2/c20-15-5-3-13(4-6-15)12-16-2-1-9-25(16)17(26)14-7-10-24(11-8-14)18(27)19(21,22)23/h3-6,14,16H,1-2,7-12H2. The maximum atomic E-state index is 13.0. The largest absolute Gasteiger partial charge is 0.471 e. The number of nitrogens with zero attached hydrogens (tertiary/aromatic N) is 2. The summed E-state index contributed by atoms with van der Waals surface area (Å²) in [5, 5.41) is 0. The lowest BCUT2D eigenvalue weighted by Crippen LogP contribution is -2.49. The Hall–Kier alpha value is -2.12. The molecule has 2 aliphatic rings.